The molecule has 126 valence electrons. The zero-order valence-corrected chi connectivity index (χ0v) is 15.1. The van der Waals surface area contributed by atoms with Gasteiger partial charge < -0.3 is 9.64 Å². The number of ether oxygens (including phenoxy) is 1. The summed E-state index contributed by atoms with van der Waals surface area (Å²) in [5.41, 5.74) is 4.10. The maximum atomic E-state index is 6.75. The highest BCUT2D eigenvalue weighted by molar-refractivity contribution is 7.98. The Hall–Kier alpha value is -1.29. The zero-order valence-electron chi connectivity index (χ0n) is 14.3. The highest BCUT2D eigenvalue weighted by atomic mass is 32.2. The van der Waals surface area contributed by atoms with Gasteiger partial charge in [-0.15, -0.1) is 11.8 Å². The van der Waals surface area contributed by atoms with Crippen LogP contribution in [0.15, 0.2) is 53.4 Å². The first-order valence-corrected chi connectivity index (χ1v) is 9.93. The van der Waals surface area contributed by atoms with E-state index in [9.17, 15) is 0 Å². The summed E-state index contributed by atoms with van der Waals surface area (Å²) in [4.78, 5) is 3.79. The summed E-state index contributed by atoms with van der Waals surface area (Å²) < 4.78 is 6.75. The third kappa shape index (κ3) is 3.39. The van der Waals surface area contributed by atoms with Crippen LogP contribution in [0.3, 0.4) is 0 Å². The molecule has 0 aromatic heterocycles. The van der Waals surface area contributed by atoms with Gasteiger partial charge in [0.25, 0.3) is 0 Å². The molecule has 4 rings (SSSR count). The summed E-state index contributed by atoms with van der Waals surface area (Å²) in [5.74, 6) is 1.03. The minimum Gasteiger partial charge on any atom is -0.365 e. The molecule has 2 atom stereocenters. The van der Waals surface area contributed by atoms with Crippen LogP contribution in [0.25, 0.3) is 0 Å². The van der Waals surface area contributed by atoms with Gasteiger partial charge in [0.05, 0.1) is 6.10 Å². The summed E-state index contributed by atoms with van der Waals surface area (Å²) in [7, 11) is 2.22. The van der Waals surface area contributed by atoms with Gasteiger partial charge in [0.1, 0.15) is 6.10 Å². The largest absolute Gasteiger partial charge is 0.365 e. The average molecular weight is 340 g/mol. The standard InChI is InChI=1S/C21H25NOS/c1-22-13-6-8-17(12-14-22)23-21-18-9-3-2-7-16(18)15-24-20-11-5-4-10-19(20)21/h2-5,7,9-11,17,21H,6,8,12-15H2,1H3. The molecule has 3 heteroatoms. The first-order valence-electron chi connectivity index (χ1n) is 8.95. The summed E-state index contributed by atoms with van der Waals surface area (Å²) in [6.45, 7) is 2.32. The molecule has 0 radical (unpaired) electrons. The Labute approximate surface area is 149 Å². The minimum absolute atomic E-state index is 0.0702. The molecule has 1 saturated heterocycles. The Balaban J connectivity index is 1.67. The van der Waals surface area contributed by atoms with Crippen LogP contribution in [0.5, 0.6) is 0 Å². The van der Waals surface area contributed by atoms with E-state index in [-0.39, 0.29) is 6.10 Å². The molecule has 2 heterocycles. The van der Waals surface area contributed by atoms with Gasteiger partial charge in [0.15, 0.2) is 0 Å². The molecule has 2 aliphatic heterocycles. The predicted octanol–water partition coefficient (Wildman–Crippen LogP) is 4.88. The fourth-order valence-corrected chi connectivity index (χ4v) is 4.85. The lowest BCUT2D eigenvalue weighted by molar-refractivity contribution is -0.000571. The fraction of sp³-hybridized carbons (Fsp3) is 0.429. The van der Waals surface area contributed by atoms with E-state index in [1.165, 1.54) is 34.6 Å². The predicted molar refractivity (Wildman–Crippen MR) is 101 cm³/mol. The van der Waals surface area contributed by atoms with E-state index in [2.05, 4.69) is 60.5 Å². The van der Waals surface area contributed by atoms with Crippen LogP contribution in [0, 0.1) is 0 Å². The van der Waals surface area contributed by atoms with Crippen LogP contribution in [0.1, 0.15) is 42.1 Å². The van der Waals surface area contributed by atoms with E-state index in [0.29, 0.717) is 6.10 Å². The quantitative estimate of drug-likeness (QED) is 0.773. The molecule has 0 saturated carbocycles. The molecule has 24 heavy (non-hydrogen) atoms. The molecule has 2 nitrogen and oxygen atoms in total. The summed E-state index contributed by atoms with van der Waals surface area (Å²) >= 11 is 1.93. The Kier molecular flexibility index (Phi) is 4.93. The summed E-state index contributed by atoms with van der Waals surface area (Å²) in [5, 5.41) is 0. The minimum atomic E-state index is 0.0702. The van der Waals surface area contributed by atoms with Gasteiger partial charge in [-0.3, -0.25) is 0 Å². The maximum absolute atomic E-state index is 6.75. The van der Waals surface area contributed by atoms with Gasteiger partial charge >= 0.3 is 0 Å². The van der Waals surface area contributed by atoms with Crippen molar-refractivity contribution in [2.75, 3.05) is 20.1 Å². The van der Waals surface area contributed by atoms with Gasteiger partial charge in [0.2, 0.25) is 0 Å². The van der Waals surface area contributed by atoms with Gasteiger partial charge in [-0.05, 0) is 55.6 Å². The van der Waals surface area contributed by atoms with E-state index in [1.54, 1.807) is 0 Å². The van der Waals surface area contributed by atoms with Crippen molar-refractivity contribution in [1.82, 2.24) is 4.90 Å². The lowest BCUT2D eigenvalue weighted by Crippen LogP contribution is -2.22. The Morgan fingerprint density at radius 1 is 0.958 bits per heavy atom. The van der Waals surface area contributed by atoms with E-state index >= 15 is 0 Å². The van der Waals surface area contributed by atoms with Crippen molar-refractivity contribution in [3.63, 3.8) is 0 Å². The fourth-order valence-electron chi connectivity index (χ4n) is 3.76. The molecule has 2 aromatic rings. The lowest BCUT2D eigenvalue weighted by atomic mass is 9.97. The second-order valence-electron chi connectivity index (χ2n) is 6.90. The van der Waals surface area contributed by atoms with Gasteiger partial charge in [-0.1, -0.05) is 42.5 Å². The lowest BCUT2D eigenvalue weighted by Gasteiger charge is -2.26. The summed E-state index contributed by atoms with van der Waals surface area (Å²) in [6.07, 6.45) is 3.94. The number of rotatable bonds is 2. The van der Waals surface area contributed by atoms with Crippen molar-refractivity contribution in [3.05, 3.63) is 65.2 Å². The van der Waals surface area contributed by atoms with Crippen LogP contribution in [0.2, 0.25) is 0 Å². The van der Waals surface area contributed by atoms with Crippen LogP contribution in [0.4, 0.5) is 0 Å². The summed E-state index contributed by atoms with van der Waals surface area (Å²) in [6, 6.07) is 17.6. The number of hydrogen-bond donors (Lipinski definition) is 0. The van der Waals surface area contributed by atoms with Crippen LogP contribution in [-0.2, 0) is 10.5 Å². The molecule has 2 aliphatic rings. The van der Waals surface area contributed by atoms with Crippen LogP contribution < -0.4 is 0 Å². The van der Waals surface area contributed by atoms with Crippen molar-refractivity contribution < 1.29 is 4.74 Å². The van der Waals surface area contributed by atoms with Crippen molar-refractivity contribution in [3.8, 4) is 0 Å². The molecule has 0 spiro atoms. The second kappa shape index (κ2) is 7.30. The van der Waals surface area contributed by atoms with E-state index in [0.717, 1.165) is 25.1 Å². The van der Waals surface area contributed by atoms with Gasteiger partial charge in [-0.25, -0.2) is 0 Å². The van der Waals surface area contributed by atoms with Gasteiger partial charge in [0, 0.05) is 17.2 Å². The van der Waals surface area contributed by atoms with E-state index in [1.807, 2.05) is 11.8 Å². The Bertz CT molecular complexity index is 654. The number of likely N-dealkylation sites (tertiary alicyclic amines) is 1. The van der Waals surface area contributed by atoms with Crippen molar-refractivity contribution >= 4 is 11.8 Å². The molecule has 1 fully saturated rings. The van der Waals surface area contributed by atoms with Crippen molar-refractivity contribution in [2.24, 2.45) is 0 Å². The SMILES string of the molecule is CN1CCCC(OC2c3ccccc3CSc3ccccc32)CC1. The molecule has 2 aromatic carbocycles. The van der Waals surface area contributed by atoms with Gasteiger partial charge in [-0.2, -0.15) is 0 Å². The molecule has 0 aliphatic carbocycles. The molecule has 0 bridgehead atoms. The molecule has 0 N–H and O–H groups in total. The van der Waals surface area contributed by atoms with Crippen molar-refractivity contribution in [2.45, 2.75) is 42.1 Å². The second-order valence-corrected chi connectivity index (χ2v) is 7.91. The number of nitrogens with zero attached hydrogens (tertiary/aromatic N) is 1. The zero-order chi connectivity index (χ0) is 16.4. The van der Waals surface area contributed by atoms with E-state index in [4.69, 9.17) is 4.74 Å². The monoisotopic (exact) mass is 339 g/mol. The number of hydrogen-bond acceptors (Lipinski definition) is 3. The van der Waals surface area contributed by atoms with Crippen LogP contribution in [-0.4, -0.2) is 31.1 Å². The number of thioether (sulfide) groups is 1. The normalized spacial score (nSPS) is 24.5. The first kappa shape index (κ1) is 16.2. The highest BCUT2D eigenvalue weighted by Crippen LogP contribution is 2.42. The molecular formula is C21H25NOS. The maximum Gasteiger partial charge on any atom is 0.109 e. The third-order valence-electron chi connectivity index (χ3n) is 5.15. The number of benzene rings is 2. The van der Waals surface area contributed by atoms with Crippen LogP contribution >= 0.6 is 11.8 Å². The first-order chi connectivity index (χ1) is 11.8. The molecule has 0 amide bonds. The Morgan fingerprint density at radius 2 is 1.75 bits per heavy atom. The number of fused-ring (bicyclic) bond motifs is 2. The average Bonchev–Trinajstić information content (AvgIpc) is 2.91. The van der Waals surface area contributed by atoms with Crippen molar-refractivity contribution in [1.29, 1.82) is 0 Å². The third-order valence-corrected chi connectivity index (χ3v) is 6.29. The highest BCUT2D eigenvalue weighted by Gasteiger charge is 2.27. The smallest absolute Gasteiger partial charge is 0.109 e. The van der Waals surface area contributed by atoms with E-state index < -0.39 is 0 Å². The topological polar surface area (TPSA) is 12.5 Å². The Morgan fingerprint density at radius 3 is 2.67 bits per heavy atom. The molecular weight excluding hydrogens is 314 g/mol. The molecule has 2 unspecified atom stereocenters.